The third-order valence-electron chi connectivity index (χ3n) is 3.19. The standard InChI is InChI=1S/C12H13F3O/c13-9-5-8(6-10(14)11(9)15)12(16)7-3-1-2-4-7/h5-7,12,16H,1-4H2/t12-/m1/s1. The molecule has 1 atom stereocenters. The van der Waals surface area contributed by atoms with Gasteiger partial charge in [0.1, 0.15) is 0 Å². The number of rotatable bonds is 2. The number of hydrogen-bond donors (Lipinski definition) is 1. The lowest BCUT2D eigenvalue weighted by atomic mass is 9.94. The Kier molecular flexibility index (Phi) is 3.19. The van der Waals surface area contributed by atoms with E-state index in [2.05, 4.69) is 0 Å². The summed E-state index contributed by atoms with van der Waals surface area (Å²) in [5.41, 5.74) is 0.128. The average molecular weight is 230 g/mol. The molecule has 0 bridgehead atoms. The first-order chi connectivity index (χ1) is 7.59. The third-order valence-corrected chi connectivity index (χ3v) is 3.19. The normalized spacial score (nSPS) is 19.0. The number of hydrogen-bond acceptors (Lipinski definition) is 1. The molecular formula is C12H13F3O. The van der Waals surface area contributed by atoms with Crippen LogP contribution in [0.1, 0.15) is 37.4 Å². The van der Waals surface area contributed by atoms with Gasteiger partial charge in [-0.2, -0.15) is 0 Å². The molecule has 2 rings (SSSR count). The Hall–Kier alpha value is -1.03. The van der Waals surface area contributed by atoms with Gasteiger partial charge in [0.2, 0.25) is 0 Å². The molecule has 1 aromatic rings. The second-order valence-corrected chi connectivity index (χ2v) is 4.29. The minimum Gasteiger partial charge on any atom is -0.388 e. The zero-order valence-corrected chi connectivity index (χ0v) is 8.72. The highest BCUT2D eigenvalue weighted by Gasteiger charge is 2.26. The van der Waals surface area contributed by atoms with Crippen molar-refractivity contribution in [3.63, 3.8) is 0 Å². The van der Waals surface area contributed by atoms with Crippen molar-refractivity contribution >= 4 is 0 Å². The molecule has 1 aliphatic carbocycles. The van der Waals surface area contributed by atoms with Gasteiger partial charge in [0.25, 0.3) is 0 Å². The maximum atomic E-state index is 13.0. The maximum Gasteiger partial charge on any atom is 0.194 e. The van der Waals surface area contributed by atoms with Crippen LogP contribution in [0.25, 0.3) is 0 Å². The quantitative estimate of drug-likeness (QED) is 0.772. The molecule has 0 spiro atoms. The van der Waals surface area contributed by atoms with Gasteiger partial charge in [-0.15, -0.1) is 0 Å². The molecule has 1 saturated carbocycles. The van der Waals surface area contributed by atoms with E-state index in [1.165, 1.54) is 0 Å². The van der Waals surface area contributed by atoms with Gasteiger partial charge >= 0.3 is 0 Å². The molecule has 4 heteroatoms. The minimum atomic E-state index is -1.48. The van der Waals surface area contributed by atoms with E-state index in [0.29, 0.717) is 0 Å². The van der Waals surface area contributed by atoms with Crippen LogP contribution in [0, 0.1) is 23.4 Å². The van der Waals surface area contributed by atoms with E-state index in [0.717, 1.165) is 37.8 Å². The van der Waals surface area contributed by atoms with E-state index in [-0.39, 0.29) is 11.5 Å². The van der Waals surface area contributed by atoms with Gasteiger partial charge in [0, 0.05) is 0 Å². The summed E-state index contributed by atoms with van der Waals surface area (Å²) >= 11 is 0. The van der Waals surface area contributed by atoms with Gasteiger partial charge in [0.05, 0.1) is 6.10 Å². The highest BCUT2D eigenvalue weighted by atomic mass is 19.2. The molecule has 88 valence electrons. The molecule has 1 fully saturated rings. The van der Waals surface area contributed by atoms with Crippen LogP contribution in [0.5, 0.6) is 0 Å². The summed E-state index contributed by atoms with van der Waals surface area (Å²) in [7, 11) is 0. The van der Waals surface area contributed by atoms with Gasteiger partial charge in [-0.25, -0.2) is 13.2 Å². The molecule has 0 unspecified atom stereocenters. The Morgan fingerprint density at radius 2 is 1.56 bits per heavy atom. The Morgan fingerprint density at radius 3 is 2.06 bits per heavy atom. The molecule has 0 saturated heterocycles. The SMILES string of the molecule is O[C@@H](c1cc(F)c(F)c(F)c1)C1CCCC1. The van der Waals surface area contributed by atoms with Gasteiger partial charge in [-0.05, 0) is 36.5 Å². The predicted molar refractivity (Wildman–Crippen MR) is 53.2 cm³/mol. The summed E-state index contributed by atoms with van der Waals surface area (Å²) < 4.78 is 38.6. The molecule has 1 aromatic carbocycles. The zero-order valence-electron chi connectivity index (χ0n) is 8.72. The average Bonchev–Trinajstić information content (AvgIpc) is 2.77. The van der Waals surface area contributed by atoms with E-state index in [9.17, 15) is 18.3 Å². The number of halogens is 3. The number of aliphatic hydroxyl groups is 1. The van der Waals surface area contributed by atoms with E-state index in [1.54, 1.807) is 0 Å². The lowest BCUT2D eigenvalue weighted by Crippen LogP contribution is -2.10. The van der Waals surface area contributed by atoms with E-state index < -0.39 is 23.6 Å². The fourth-order valence-electron chi connectivity index (χ4n) is 2.29. The molecule has 0 amide bonds. The first-order valence-electron chi connectivity index (χ1n) is 5.42. The van der Waals surface area contributed by atoms with Gasteiger partial charge < -0.3 is 5.11 Å². The molecule has 1 N–H and O–H groups in total. The summed E-state index contributed by atoms with van der Waals surface area (Å²) in [6.45, 7) is 0. The van der Waals surface area contributed by atoms with Crippen molar-refractivity contribution in [2.24, 2.45) is 5.92 Å². The van der Waals surface area contributed by atoms with Crippen molar-refractivity contribution in [2.45, 2.75) is 31.8 Å². The molecule has 16 heavy (non-hydrogen) atoms. The molecular weight excluding hydrogens is 217 g/mol. The summed E-state index contributed by atoms with van der Waals surface area (Å²) in [5.74, 6) is -3.94. The maximum absolute atomic E-state index is 13.0. The van der Waals surface area contributed by atoms with Gasteiger partial charge in [0.15, 0.2) is 17.5 Å². The second-order valence-electron chi connectivity index (χ2n) is 4.29. The number of aliphatic hydroxyl groups excluding tert-OH is 1. The number of benzene rings is 1. The molecule has 0 aromatic heterocycles. The van der Waals surface area contributed by atoms with Crippen LogP contribution in [0.2, 0.25) is 0 Å². The predicted octanol–water partition coefficient (Wildman–Crippen LogP) is 3.33. The van der Waals surface area contributed by atoms with Crippen LogP contribution in [0.4, 0.5) is 13.2 Å². The Bertz CT molecular complexity index is 363. The Balaban J connectivity index is 2.26. The molecule has 1 aliphatic rings. The first-order valence-corrected chi connectivity index (χ1v) is 5.42. The highest BCUT2D eigenvalue weighted by molar-refractivity contribution is 5.22. The minimum absolute atomic E-state index is 0.0317. The lowest BCUT2D eigenvalue weighted by Gasteiger charge is -2.18. The van der Waals surface area contributed by atoms with E-state index in [4.69, 9.17) is 0 Å². The molecule has 1 nitrogen and oxygen atoms in total. The monoisotopic (exact) mass is 230 g/mol. The van der Waals surface area contributed by atoms with Crippen LogP contribution in [-0.2, 0) is 0 Å². The van der Waals surface area contributed by atoms with Crippen molar-refractivity contribution in [3.8, 4) is 0 Å². The van der Waals surface area contributed by atoms with E-state index >= 15 is 0 Å². The summed E-state index contributed by atoms with van der Waals surface area (Å²) in [4.78, 5) is 0. The van der Waals surface area contributed by atoms with Crippen molar-refractivity contribution in [2.75, 3.05) is 0 Å². The van der Waals surface area contributed by atoms with Gasteiger partial charge in [-0.1, -0.05) is 12.8 Å². The fourth-order valence-corrected chi connectivity index (χ4v) is 2.29. The lowest BCUT2D eigenvalue weighted by molar-refractivity contribution is 0.110. The fraction of sp³-hybridized carbons (Fsp3) is 0.500. The smallest absolute Gasteiger partial charge is 0.194 e. The van der Waals surface area contributed by atoms with Crippen LogP contribution in [0.15, 0.2) is 12.1 Å². The Labute approximate surface area is 91.9 Å². The highest BCUT2D eigenvalue weighted by Crippen LogP contribution is 2.36. The zero-order chi connectivity index (χ0) is 11.7. The summed E-state index contributed by atoms with van der Waals surface area (Å²) in [6.07, 6.45) is 2.85. The van der Waals surface area contributed by atoms with Crippen molar-refractivity contribution in [3.05, 3.63) is 35.1 Å². The third kappa shape index (κ3) is 2.07. The summed E-state index contributed by atoms with van der Waals surface area (Å²) in [5, 5.41) is 9.90. The van der Waals surface area contributed by atoms with Crippen LogP contribution in [0.3, 0.4) is 0 Å². The molecule has 0 heterocycles. The summed E-state index contributed by atoms with van der Waals surface area (Å²) in [6, 6.07) is 1.75. The molecule has 0 radical (unpaired) electrons. The topological polar surface area (TPSA) is 20.2 Å². The van der Waals surface area contributed by atoms with Crippen LogP contribution < -0.4 is 0 Å². The Morgan fingerprint density at radius 1 is 1.06 bits per heavy atom. The van der Waals surface area contributed by atoms with Crippen LogP contribution in [-0.4, -0.2) is 5.11 Å². The van der Waals surface area contributed by atoms with Crippen molar-refractivity contribution in [1.29, 1.82) is 0 Å². The van der Waals surface area contributed by atoms with Gasteiger partial charge in [-0.3, -0.25) is 0 Å². The largest absolute Gasteiger partial charge is 0.388 e. The second kappa shape index (κ2) is 4.45. The van der Waals surface area contributed by atoms with E-state index in [1.807, 2.05) is 0 Å². The molecule has 0 aliphatic heterocycles. The van der Waals surface area contributed by atoms with Crippen LogP contribution >= 0.6 is 0 Å². The van der Waals surface area contributed by atoms with Crippen molar-refractivity contribution < 1.29 is 18.3 Å². The van der Waals surface area contributed by atoms with Crippen molar-refractivity contribution in [1.82, 2.24) is 0 Å². The first kappa shape index (κ1) is 11.5.